The van der Waals surface area contributed by atoms with E-state index in [9.17, 15) is 38.4 Å². The van der Waals surface area contributed by atoms with Gasteiger partial charge in [-0.05, 0) is 30.3 Å². The maximum atomic E-state index is 12.9. The molecule has 0 aliphatic heterocycles. The van der Waals surface area contributed by atoms with Gasteiger partial charge in [0.15, 0.2) is 30.5 Å². The average Bonchev–Trinajstić information content (AvgIpc) is 3.08. The van der Waals surface area contributed by atoms with Gasteiger partial charge >= 0.3 is 5.51 Å². The number of halogens is 3. The van der Waals surface area contributed by atoms with Gasteiger partial charge in [0, 0.05) is 7.05 Å². The Morgan fingerprint density at radius 2 is 1.48 bits per heavy atom. The number of fused-ring (bicyclic) bond motifs is 1. The van der Waals surface area contributed by atoms with Crippen LogP contribution in [-0.2, 0) is 36.6 Å². The smallest absolute Gasteiger partial charge is 0.326 e. The van der Waals surface area contributed by atoms with Gasteiger partial charge in [-0.3, -0.25) is 0 Å². The first-order valence-electron chi connectivity index (χ1n) is 9.31. The monoisotopic (exact) mass is 525 g/mol. The minimum atomic E-state index is -5.64. The Bertz CT molecular complexity index is 1580. The lowest BCUT2D eigenvalue weighted by Crippen LogP contribution is -2.23. The maximum Gasteiger partial charge on any atom is 0.501 e. The molecule has 0 aliphatic rings. The van der Waals surface area contributed by atoms with Crippen molar-refractivity contribution in [1.29, 1.82) is 0 Å². The van der Waals surface area contributed by atoms with Crippen molar-refractivity contribution in [3.63, 3.8) is 0 Å². The quantitative estimate of drug-likeness (QED) is 0.479. The highest BCUT2D eigenvalue weighted by molar-refractivity contribution is 7.92. The van der Waals surface area contributed by atoms with Crippen molar-refractivity contribution in [1.82, 2.24) is 14.5 Å². The van der Waals surface area contributed by atoms with Crippen LogP contribution in [0.5, 0.6) is 0 Å². The zero-order chi connectivity index (χ0) is 25.0. The van der Waals surface area contributed by atoms with Crippen LogP contribution in [0, 0.1) is 0 Å². The summed E-state index contributed by atoms with van der Waals surface area (Å²) in [6.07, 6.45) is 0. The molecule has 2 aromatic heterocycles. The van der Waals surface area contributed by atoms with Crippen LogP contribution < -0.4 is 0 Å². The minimum Gasteiger partial charge on any atom is -0.326 e. The Labute approximate surface area is 188 Å². The molecule has 0 radical (unpaired) electrons. The molecule has 0 fully saturated rings. The van der Waals surface area contributed by atoms with E-state index in [1.165, 1.54) is 25.5 Å². The molecule has 0 saturated carbocycles. The fourth-order valence-electron chi connectivity index (χ4n) is 3.01. The van der Waals surface area contributed by atoms with Crippen molar-refractivity contribution < 1.29 is 38.4 Å². The molecule has 15 heteroatoms. The standard InChI is InChI=1S/C18H18F3N3O6S3/c1-4-31(25,26)14-8-9-15(32(27,28)5-2)23-16(14)17-22-12-10-11(6-7-13(12)24(17)3)33(29,30)18(19,20)21/h6-10H,4-5H2,1-3H3. The van der Waals surface area contributed by atoms with Gasteiger partial charge in [0.25, 0.3) is 9.84 Å². The third-order valence-corrected chi connectivity index (χ3v) is 9.79. The first kappa shape index (κ1) is 25.1. The van der Waals surface area contributed by atoms with E-state index in [0.717, 1.165) is 24.3 Å². The molecular weight excluding hydrogens is 507 g/mol. The van der Waals surface area contributed by atoms with Crippen LogP contribution in [0.4, 0.5) is 13.2 Å². The number of aryl methyl sites for hydroxylation is 1. The van der Waals surface area contributed by atoms with Gasteiger partial charge in [0.1, 0.15) is 5.69 Å². The molecule has 33 heavy (non-hydrogen) atoms. The Balaban J connectivity index is 2.36. The molecular formula is C18H18F3N3O6S3. The summed E-state index contributed by atoms with van der Waals surface area (Å²) in [4.78, 5) is 6.77. The second kappa shape index (κ2) is 8.06. The van der Waals surface area contributed by atoms with Crippen molar-refractivity contribution in [3.8, 4) is 11.5 Å². The van der Waals surface area contributed by atoms with Crippen LogP contribution in [0.15, 0.2) is 45.1 Å². The predicted octanol–water partition coefficient (Wildman–Crippen LogP) is 2.52. The molecule has 0 saturated heterocycles. The second-order valence-corrected chi connectivity index (χ2v) is 13.3. The first-order chi connectivity index (χ1) is 15.1. The second-order valence-electron chi connectivity index (χ2n) is 6.90. The van der Waals surface area contributed by atoms with E-state index in [4.69, 9.17) is 0 Å². The van der Waals surface area contributed by atoms with Crippen molar-refractivity contribution in [3.05, 3.63) is 30.3 Å². The number of aromatic nitrogens is 3. The number of hydrogen-bond donors (Lipinski definition) is 0. The number of pyridine rings is 1. The summed E-state index contributed by atoms with van der Waals surface area (Å²) in [5.41, 5.74) is -5.84. The van der Waals surface area contributed by atoms with Gasteiger partial charge in [-0.15, -0.1) is 0 Å². The molecule has 0 amide bonds. The Morgan fingerprint density at radius 1 is 0.879 bits per heavy atom. The van der Waals surface area contributed by atoms with E-state index in [-0.39, 0.29) is 39.0 Å². The van der Waals surface area contributed by atoms with Gasteiger partial charge in [0.2, 0.25) is 0 Å². The van der Waals surface area contributed by atoms with Crippen LogP contribution >= 0.6 is 0 Å². The van der Waals surface area contributed by atoms with E-state index in [2.05, 4.69) is 9.97 Å². The summed E-state index contributed by atoms with van der Waals surface area (Å²) in [7, 11) is -12.0. The van der Waals surface area contributed by atoms with Crippen molar-refractivity contribution in [2.75, 3.05) is 11.5 Å². The number of alkyl halides is 3. The number of rotatable bonds is 6. The van der Waals surface area contributed by atoms with Gasteiger partial charge in [-0.25, -0.2) is 35.2 Å². The SMILES string of the molecule is CCS(=O)(=O)c1ccc(S(=O)(=O)CC)c(-c2nc3cc(S(=O)(=O)C(F)(F)F)ccc3n2C)n1. The molecule has 0 aliphatic carbocycles. The summed E-state index contributed by atoms with van der Waals surface area (Å²) in [6, 6.07) is 4.70. The van der Waals surface area contributed by atoms with Crippen LogP contribution in [0.3, 0.4) is 0 Å². The zero-order valence-electron chi connectivity index (χ0n) is 17.5. The predicted molar refractivity (Wildman–Crippen MR) is 113 cm³/mol. The number of nitrogens with zero attached hydrogens (tertiary/aromatic N) is 3. The molecule has 1 aromatic carbocycles. The Morgan fingerprint density at radius 3 is 2.03 bits per heavy atom. The highest BCUT2D eigenvalue weighted by Crippen LogP contribution is 2.34. The highest BCUT2D eigenvalue weighted by Gasteiger charge is 2.47. The molecule has 3 rings (SSSR count). The number of imidazole rings is 1. The number of hydrogen-bond acceptors (Lipinski definition) is 8. The summed E-state index contributed by atoms with van der Waals surface area (Å²) in [6.45, 7) is 2.75. The summed E-state index contributed by atoms with van der Waals surface area (Å²) >= 11 is 0. The molecule has 0 unspecified atom stereocenters. The topological polar surface area (TPSA) is 133 Å². The molecule has 0 spiro atoms. The molecule has 9 nitrogen and oxygen atoms in total. The van der Waals surface area contributed by atoms with Crippen LogP contribution in [0.2, 0.25) is 0 Å². The molecule has 2 heterocycles. The summed E-state index contributed by atoms with van der Waals surface area (Å²) in [5.74, 6) is -0.799. The number of benzene rings is 1. The fourth-order valence-corrected chi connectivity index (χ4v) is 5.61. The fraction of sp³-hybridized carbons (Fsp3) is 0.333. The van der Waals surface area contributed by atoms with E-state index in [1.54, 1.807) is 0 Å². The van der Waals surface area contributed by atoms with Gasteiger partial charge in [-0.1, -0.05) is 13.8 Å². The zero-order valence-corrected chi connectivity index (χ0v) is 19.9. The molecule has 0 atom stereocenters. The summed E-state index contributed by atoms with van der Waals surface area (Å²) < 4.78 is 113. The molecule has 180 valence electrons. The first-order valence-corrected chi connectivity index (χ1v) is 14.1. The van der Waals surface area contributed by atoms with E-state index in [1.807, 2.05) is 0 Å². The van der Waals surface area contributed by atoms with Crippen molar-refractivity contribution >= 4 is 40.5 Å². The van der Waals surface area contributed by atoms with Crippen molar-refractivity contribution in [2.45, 2.75) is 34.2 Å². The van der Waals surface area contributed by atoms with E-state index < -0.39 is 44.9 Å². The van der Waals surface area contributed by atoms with Crippen LogP contribution in [0.1, 0.15) is 13.8 Å². The third-order valence-electron chi connectivity index (χ3n) is 4.93. The largest absolute Gasteiger partial charge is 0.501 e. The summed E-state index contributed by atoms with van der Waals surface area (Å²) in [5, 5.41) is -0.401. The molecule has 0 N–H and O–H groups in total. The lowest BCUT2D eigenvalue weighted by Gasteiger charge is -2.11. The van der Waals surface area contributed by atoms with Gasteiger partial charge in [-0.2, -0.15) is 13.2 Å². The van der Waals surface area contributed by atoms with E-state index in [0.29, 0.717) is 6.07 Å². The van der Waals surface area contributed by atoms with Crippen molar-refractivity contribution in [2.24, 2.45) is 7.05 Å². The third kappa shape index (κ3) is 4.24. The lowest BCUT2D eigenvalue weighted by molar-refractivity contribution is -0.0435. The van der Waals surface area contributed by atoms with Crippen LogP contribution in [0.25, 0.3) is 22.6 Å². The Kier molecular flexibility index (Phi) is 6.13. The van der Waals surface area contributed by atoms with Gasteiger partial charge in [0.05, 0.1) is 32.3 Å². The number of sulfone groups is 3. The minimum absolute atomic E-state index is 0.160. The lowest BCUT2D eigenvalue weighted by atomic mass is 10.3. The molecule has 3 aromatic rings. The van der Waals surface area contributed by atoms with Crippen LogP contribution in [-0.4, -0.2) is 56.8 Å². The average molecular weight is 526 g/mol. The normalized spacial score (nSPS) is 13.5. The maximum absolute atomic E-state index is 12.9. The highest BCUT2D eigenvalue weighted by atomic mass is 32.2. The Hall–Kier alpha value is -2.52. The van der Waals surface area contributed by atoms with E-state index >= 15 is 0 Å². The molecule has 0 bridgehead atoms. The van der Waals surface area contributed by atoms with Gasteiger partial charge < -0.3 is 4.57 Å².